The van der Waals surface area contributed by atoms with E-state index in [9.17, 15) is 4.79 Å². The number of anilines is 1. The first-order valence-electron chi connectivity index (χ1n) is 9.18. The number of carbonyl (C=O) groups excluding carboxylic acids is 1. The van der Waals surface area contributed by atoms with Crippen LogP contribution in [0.3, 0.4) is 0 Å². The summed E-state index contributed by atoms with van der Waals surface area (Å²) in [5, 5.41) is 3.98. The van der Waals surface area contributed by atoms with Crippen LogP contribution in [0.25, 0.3) is 22.2 Å². The Morgan fingerprint density at radius 3 is 2.59 bits per heavy atom. The third-order valence-electron chi connectivity index (χ3n) is 4.49. The number of benzene rings is 3. The molecule has 0 radical (unpaired) electrons. The van der Waals surface area contributed by atoms with Gasteiger partial charge in [-0.25, -0.2) is 4.98 Å². The van der Waals surface area contributed by atoms with Crippen LogP contribution in [-0.2, 0) is 0 Å². The van der Waals surface area contributed by atoms with Crippen molar-refractivity contribution in [3.63, 3.8) is 0 Å². The largest absolute Gasteiger partial charge is 0.479 e. The van der Waals surface area contributed by atoms with Crippen molar-refractivity contribution in [1.82, 2.24) is 4.98 Å². The van der Waals surface area contributed by atoms with E-state index >= 15 is 0 Å². The molecule has 0 aliphatic heterocycles. The van der Waals surface area contributed by atoms with Gasteiger partial charge in [0.1, 0.15) is 12.4 Å². The Balaban J connectivity index is 1.68. The quantitative estimate of drug-likeness (QED) is 0.488. The zero-order chi connectivity index (χ0) is 20.1. The van der Waals surface area contributed by atoms with Crippen LogP contribution >= 0.6 is 0 Å². The molecule has 0 saturated heterocycles. The zero-order valence-electron chi connectivity index (χ0n) is 15.6. The average Bonchev–Trinajstić information content (AvgIpc) is 2.78. The van der Waals surface area contributed by atoms with Crippen LogP contribution in [0, 0.1) is 12.3 Å². The van der Waals surface area contributed by atoms with Crippen molar-refractivity contribution in [3.05, 3.63) is 90.5 Å². The second-order valence-electron chi connectivity index (χ2n) is 6.38. The predicted molar refractivity (Wildman–Crippen MR) is 116 cm³/mol. The lowest BCUT2D eigenvalue weighted by atomic mass is 10.0. The number of hydrogen-bond donors (Lipinski definition) is 1. The van der Waals surface area contributed by atoms with Gasteiger partial charge in [0.2, 0.25) is 0 Å². The van der Waals surface area contributed by atoms with E-state index in [4.69, 9.17) is 16.1 Å². The fourth-order valence-corrected chi connectivity index (χ4v) is 3.13. The summed E-state index contributed by atoms with van der Waals surface area (Å²) in [5.74, 6) is 2.72. The Labute approximate surface area is 169 Å². The van der Waals surface area contributed by atoms with Crippen LogP contribution in [0.4, 0.5) is 5.69 Å². The molecule has 0 aliphatic rings. The molecule has 4 aromatic rings. The molecule has 0 atom stereocenters. The SMILES string of the molecule is C#CCOc1ccccc1NC(=O)c1ccccc1-c1ccc2ccccc2n1. The number of nitrogens with zero attached hydrogens (tertiary/aromatic N) is 1. The van der Waals surface area contributed by atoms with Crippen LogP contribution in [0.2, 0.25) is 0 Å². The second kappa shape index (κ2) is 8.28. The van der Waals surface area contributed by atoms with Crippen molar-refractivity contribution in [1.29, 1.82) is 0 Å². The summed E-state index contributed by atoms with van der Waals surface area (Å²) in [7, 11) is 0. The molecule has 1 heterocycles. The molecule has 0 aliphatic carbocycles. The highest BCUT2D eigenvalue weighted by molar-refractivity contribution is 6.09. The van der Waals surface area contributed by atoms with Crippen molar-refractivity contribution in [2.24, 2.45) is 0 Å². The number of amides is 1. The zero-order valence-corrected chi connectivity index (χ0v) is 15.6. The van der Waals surface area contributed by atoms with Crippen LogP contribution in [0.1, 0.15) is 10.4 Å². The minimum atomic E-state index is -0.243. The van der Waals surface area contributed by atoms with Crippen LogP contribution in [0.5, 0.6) is 5.75 Å². The molecule has 0 spiro atoms. The monoisotopic (exact) mass is 378 g/mol. The van der Waals surface area contributed by atoms with Crippen molar-refractivity contribution in [2.45, 2.75) is 0 Å². The first kappa shape index (κ1) is 18.3. The lowest BCUT2D eigenvalue weighted by molar-refractivity contribution is 0.102. The Hall–Kier alpha value is -4.10. The Morgan fingerprint density at radius 2 is 1.69 bits per heavy atom. The number of carbonyl (C=O) groups is 1. The summed E-state index contributed by atoms with van der Waals surface area (Å²) >= 11 is 0. The predicted octanol–water partition coefficient (Wildman–Crippen LogP) is 5.17. The minimum Gasteiger partial charge on any atom is -0.479 e. The van der Waals surface area contributed by atoms with Gasteiger partial charge in [-0.3, -0.25) is 4.79 Å². The molecule has 0 bridgehead atoms. The topological polar surface area (TPSA) is 51.2 Å². The lowest BCUT2D eigenvalue weighted by Crippen LogP contribution is -2.14. The molecule has 0 saturated carbocycles. The van der Waals surface area contributed by atoms with Gasteiger partial charge in [0, 0.05) is 16.5 Å². The Morgan fingerprint density at radius 1 is 0.931 bits per heavy atom. The van der Waals surface area contributed by atoms with Gasteiger partial charge in [-0.05, 0) is 30.3 Å². The maximum Gasteiger partial charge on any atom is 0.256 e. The van der Waals surface area contributed by atoms with Gasteiger partial charge in [-0.1, -0.05) is 60.5 Å². The molecule has 4 nitrogen and oxygen atoms in total. The van der Waals surface area contributed by atoms with E-state index in [2.05, 4.69) is 11.2 Å². The van der Waals surface area contributed by atoms with E-state index < -0.39 is 0 Å². The highest BCUT2D eigenvalue weighted by Gasteiger charge is 2.15. The number of pyridine rings is 1. The first-order valence-corrected chi connectivity index (χ1v) is 9.18. The molecule has 1 N–H and O–H groups in total. The molecule has 0 unspecified atom stereocenters. The number of nitrogens with one attached hydrogen (secondary N) is 1. The van der Waals surface area contributed by atoms with E-state index in [1.165, 1.54) is 0 Å². The number of aromatic nitrogens is 1. The smallest absolute Gasteiger partial charge is 0.256 e. The van der Waals surface area contributed by atoms with Gasteiger partial charge in [0.05, 0.1) is 16.9 Å². The maximum atomic E-state index is 13.1. The van der Waals surface area contributed by atoms with Crippen LogP contribution < -0.4 is 10.1 Å². The summed E-state index contributed by atoms with van der Waals surface area (Å²) in [6, 6.07) is 26.4. The van der Waals surface area contributed by atoms with Gasteiger partial charge < -0.3 is 10.1 Å². The second-order valence-corrected chi connectivity index (χ2v) is 6.38. The van der Waals surface area contributed by atoms with E-state index in [1.54, 1.807) is 18.2 Å². The third kappa shape index (κ3) is 3.95. The third-order valence-corrected chi connectivity index (χ3v) is 4.49. The van der Waals surface area contributed by atoms with E-state index in [-0.39, 0.29) is 12.5 Å². The van der Waals surface area contributed by atoms with Crippen molar-refractivity contribution in [3.8, 4) is 29.4 Å². The van der Waals surface area contributed by atoms with Gasteiger partial charge in [0.25, 0.3) is 5.91 Å². The fourth-order valence-electron chi connectivity index (χ4n) is 3.13. The summed E-state index contributed by atoms with van der Waals surface area (Å²) in [5.41, 5.74) is 3.48. The van der Waals surface area contributed by atoms with Crippen molar-refractivity contribution < 1.29 is 9.53 Å². The van der Waals surface area contributed by atoms with Gasteiger partial charge >= 0.3 is 0 Å². The molecule has 4 rings (SSSR count). The molecule has 4 heteroatoms. The van der Waals surface area contributed by atoms with E-state index in [0.29, 0.717) is 17.0 Å². The van der Waals surface area contributed by atoms with Crippen molar-refractivity contribution in [2.75, 3.05) is 11.9 Å². The van der Waals surface area contributed by atoms with E-state index in [0.717, 1.165) is 22.2 Å². The van der Waals surface area contributed by atoms with Crippen LogP contribution in [0.15, 0.2) is 84.9 Å². The number of para-hydroxylation sites is 3. The summed E-state index contributed by atoms with van der Waals surface area (Å²) in [6.07, 6.45) is 5.27. The number of rotatable bonds is 5. The number of ether oxygens (including phenoxy) is 1. The molecule has 1 amide bonds. The molecule has 140 valence electrons. The molecule has 1 aromatic heterocycles. The number of hydrogen-bond acceptors (Lipinski definition) is 3. The van der Waals surface area contributed by atoms with Gasteiger partial charge in [0.15, 0.2) is 0 Å². The van der Waals surface area contributed by atoms with E-state index in [1.807, 2.05) is 66.7 Å². The highest BCUT2D eigenvalue weighted by atomic mass is 16.5. The standard InChI is InChI=1S/C25H18N2O2/c1-2-17-29-24-14-8-7-13-23(24)27-25(28)20-11-5-4-10-19(20)22-16-15-18-9-3-6-12-21(18)26-22/h1,3-16H,17H2,(H,27,28). The Bertz CT molecular complexity index is 1220. The minimum absolute atomic E-state index is 0.129. The molecular weight excluding hydrogens is 360 g/mol. The summed E-state index contributed by atoms with van der Waals surface area (Å²) in [4.78, 5) is 17.8. The molecule has 0 fully saturated rings. The first-order chi connectivity index (χ1) is 14.3. The fraction of sp³-hybridized carbons (Fsp3) is 0.0400. The normalized spacial score (nSPS) is 10.3. The molecular formula is C25H18N2O2. The average molecular weight is 378 g/mol. The highest BCUT2D eigenvalue weighted by Crippen LogP contribution is 2.28. The summed E-state index contributed by atoms with van der Waals surface area (Å²) in [6.45, 7) is 0.129. The Kier molecular flexibility index (Phi) is 5.22. The molecule has 3 aromatic carbocycles. The summed E-state index contributed by atoms with van der Waals surface area (Å²) < 4.78 is 5.52. The molecule has 29 heavy (non-hydrogen) atoms. The number of terminal acetylenes is 1. The van der Waals surface area contributed by atoms with Crippen LogP contribution in [-0.4, -0.2) is 17.5 Å². The lowest BCUT2D eigenvalue weighted by Gasteiger charge is -2.13. The van der Waals surface area contributed by atoms with Gasteiger partial charge in [-0.2, -0.15) is 0 Å². The van der Waals surface area contributed by atoms with Crippen molar-refractivity contribution >= 4 is 22.5 Å². The number of fused-ring (bicyclic) bond motifs is 1. The maximum absolute atomic E-state index is 13.1. The van der Waals surface area contributed by atoms with Gasteiger partial charge in [-0.15, -0.1) is 6.42 Å².